The molecule has 0 spiro atoms. The molecule has 1 heterocycles. The smallest absolute Gasteiger partial charge is 0.0965 e. The van der Waals surface area contributed by atoms with Crippen LogP contribution in [0.4, 0.5) is 0 Å². The van der Waals surface area contributed by atoms with Gasteiger partial charge in [-0.1, -0.05) is 0 Å². The minimum absolute atomic E-state index is 0.230. The molecule has 0 fully saturated rings. The molecule has 0 saturated heterocycles. The van der Waals surface area contributed by atoms with Gasteiger partial charge in [-0.05, 0) is 33.1 Å². The van der Waals surface area contributed by atoms with E-state index in [-0.39, 0.29) is 6.10 Å². The Bertz CT molecular complexity index is 178. The largest absolute Gasteiger partial charge is 0.393 e. The molecule has 1 rings (SSSR count). The van der Waals surface area contributed by atoms with Gasteiger partial charge in [-0.15, -0.1) is 0 Å². The molecule has 0 saturated carbocycles. The van der Waals surface area contributed by atoms with Crippen LogP contribution in [0, 0.1) is 0 Å². The number of rotatable bonds is 3. The van der Waals surface area contributed by atoms with Crippen molar-refractivity contribution >= 4 is 5.84 Å². The van der Waals surface area contributed by atoms with Crippen LogP contribution in [0.5, 0.6) is 0 Å². The molecular weight excluding hydrogens is 164 g/mol. The van der Waals surface area contributed by atoms with Crippen LogP contribution in [0.25, 0.3) is 0 Å². The first kappa shape index (κ1) is 10.5. The van der Waals surface area contributed by atoms with Gasteiger partial charge in [0.2, 0.25) is 0 Å². The fraction of sp³-hybridized carbons (Fsp3) is 0.900. The van der Waals surface area contributed by atoms with Crippen LogP contribution in [-0.2, 0) is 0 Å². The second-order valence-electron chi connectivity index (χ2n) is 3.92. The Morgan fingerprint density at radius 3 is 2.77 bits per heavy atom. The molecule has 13 heavy (non-hydrogen) atoms. The topological polar surface area (TPSA) is 44.6 Å². The lowest BCUT2D eigenvalue weighted by Gasteiger charge is -2.20. The predicted octanol–water partition coefficient (Wildman–Crippen LogP) is 1.32. The molecular formula is C10H20N2O. The summed E-state index contributed by atoms with van der Waals surface area (Å²) in [5.74, 6) is 1.12. The van der Waals surface area contributed by atoms with Crippen molar-refractivity contribution in [1.29, 1.82) is 0 Å². The summed E-state index contributed by atoms with van der Waals surface area (Å²) < 4.78 is 0. The van der Waals surface area contributed by atoms with E-state index in [1.54, 1.807) is 0 Å². The standard InChI is InChI=1S/C10H20N2O/c1-8(7-9(2)13)12-10-5-3-4-6-11-10/h8-9,13H,3-7H2,1-2H3,(H,11,12). The third-order valence-electron chi connectivity index (χ3n) is 2.23. The Balaban J connectivity index is 2.26. The fourth-order valence-corrected chi connectivity index (χ4v) is 1.67. The average Bonchev–Trinajstić information content (AvgIpc) is 2.04. The van der Waals surface area contributed by atoms with Crippen LogP contribution in [-0.4, -0.2) is 29.6 Å². The normalized spacial score (nSPS) is 21.9. The van der Waals surface area contributed by atoms with Gasteiger partial charge < -0.3 is 10.4 Å². The molecule has 0 aromatic carbocycles. The van der Waals surface area contributed by atoms with Crippen molar-refractivity contribution in [3.05, 3.63) is 0 Å². The Morgan fingerprint density at radius 2 is 2.23 bits per heavy atom. The summed E-state index contributed by atoms with van der Waals surface area (Å²) in [6.45, 7) is 4.87. The van der Waals surface area contributed by atoms with Gasteiger partial charge in [-0.25, -0.2) is 0 Å². The molecule has 2 atom stereocenters. The maximum absolute atomic E-state index is 9.17. The zero-order valence-corrected chi connectivity index (χ0v) is 8.58. The van der Waals surface area contributed by atoms with Crippen molar-refractivity contribution in [2.45, 2.75) is 51.7 Å². The van der Waals surface area contributed by atoms with Gasteiger partial charge >= 0.3 is 0 Å². The summed E-state index contributed by atoms with van der Waals surface area (Å²) >= 11 is 0. The highest BCUT2D eigenvalue weighted by molar-refractivity contribution is 5.82. The molecule has 1 aliphatic heterocycles. The Morgan fingerprint density at radius 1 is 1.46 bits per heavy atom. The third kappa shape index (κ3) is 4.27. The number of hydrogen-bond donors (Lipinski definition) is 2. The van der Waals surface area contributed by atoms with Gasteiger partial charge in [-0.2, -0.15) is 0 Å². The van der Waals surface area contributed by atoms with E-state index in [0.717, 1.165) is 25.2 Å². The number of nitrogens with one attached hydrogen (secondary N) is 1. The highest BCUT2D eigenvalue weighted by Crippen LogP contribution is 2.06. The number of hydrogen-bond acceptors (Lipinski definition) is 3. The first-order valence-electron chi connectivity index (χ1n) is 5.16. The summed E-state index contributed by atoms with van der Waals surface area (Å²) in [6.07, 6.45) is 4.10. The van der Waals surface area contributed by atoms with Crippen molar-refractivity contribution < 1.29 is 5.11 Å². The zero-order chi connectivity index (χ0) is 9.68. The molecule has 3 heteroatoms. The average molecular weight is 184 g/mol. The number of aliphatic hydroxyl groups is 1. The van der Waals surface area contributed by atoms with E-state index in [1.165, 1.54) is 12.8 Å². The number of amidine groups is 1. The van der Waals surface area contributed by atoms with Gasteiger partial charge in [0.05, 0.1) is 11.9 Å². The van der Waals surface area contributed by atoms with Gasteiger partial charge in [0.25, 0.3) is 0 Å². The molecule has 0 amide bonds. The van der Waals surface area contributed by atoms with E-state index in [9.17, 15) is 5.11 Å². The molecule has 0 aromatic rings. The summed E-state index contributed by atoms with van der Waals surface area (Å²) in [6, 6.07) is 0.330. The van der Waals surface area contributed by atoms with Gasteiger partial charge in [0, 0.05) is 19.0 Å². The van der Waals surface area contributed by atoms with Crippen LogP contribution in [0.3, 0.4) is 0 Å². The van der Waals surface area contributed by atoms with E-state index in [4.69, 9.17) is 0 Å². The predicted molar refractivity (Wildman–Crippen MR) is 55.0 cm³/mol. The quantitative estimate of drug-likeness (QED) is 0.694. The number of nitrogens with zero attached hydrogens (tertiary/aromatic N) is 1. The number of aliphatic imine (C=N–C) groups is 1. The molecule has 76 valence electrons. The van der Waals surface area contributed by atoms with Gasteiger partial charge in [-0.3, -0.25) is 4.99 Å². The molecule has 3 nitrogen and oxygen atoms in total. The van der Waals surface area contributed by atoms with Crippen molar-refractivity contribution in [1.82, 2.24) is 5.32 Å². The molecule has 0 aromatic heterocycles. The lowest BCUT2D eigenvalue weighted by molar-refractivity contribution is 0.174. The van der Waals surface area contributed by atoms with Crippen molar-refractivity contribution in [3.63, 3.8) is 0 Å². The van der Waals surface area contributed by atoms with Crippen LogP contribution in [0.1, 0.15) is 39.5 Å². The highest BCUT2D eigenvalue weighted by atomic mass is 16.3. The Labute approximate surface area is 80.3 Å². The van der Waals surface area contributed by atoms with E-state index in [1.807, 2.05) is 6.92 Å². The summed E-state index contributed by atoms with van der Waals surface area (Å²) in [7, 11) is 0. The van der Waals surface area contributed by atoms with Crippen molar-refractivity contribution in [3.8, 4) is 0 Å². The van der Waals surface area contributed by atoms with Crippen LogP contribution in [0.15, 0.2) is 4.99 Å². The van der Waals surface area contributed by atoms with Crippen molar-refractivity contribution in [2.75, 3.05) is 6.54 Å². The lowest BCUT2D eigenvalue weighted by atomic mass is 10.1. The SMILES string of the molecule is CC(O)CC(C)NC1=NCCCC1. The highest BCUT2D eigenvalue weighted by Gasteiger charge is 2.10. The van der Waals surface area contributed by atoms with Crippen molar-refractivity contribution in [2.24, 2.45) is 4.99 Å². The molecule has 2 N–H and O–H groups in total. The first-order chi connectivity index (χ1) is 6.18. The second kappa shape index (κ2) is 5.22. The van der Waals surface area contributed by atoms with E-state index in [2.05, 4.69) is 17.2 Å². The monoisotopic (exact) mass is 184 g/mol. The minimum atomic E-state index is -0.230. The Kier molecular flexibility index (Phi) is 4.22. The maximum atomic E-state index is 9.17. The minimum Gasteiger partial charge on any atom is -0.393 e. The summed E-state index contributed by atoms with van der Waals surface area (Å²) in [5.41, 5.74) is 0. The number of aliphatic hydroxyl groups excluding tert-OH is 1. The zero-order valence-electron chi connectivity index (χ0n) is 8.58. The van der Waals surface area contributed by atoms with Gasteiger partial charge in [0.15, 0.2) is 0 Å². The Hall–Kier alpha value is -0.570. The van der Waals surface area contributed by atoms with Gasteiger partial charge in [0.1, 0.15) is 0 Å². The summed E-state index contributed by atoms with van der Waals surface area (Å²) in [5, 5.41) is 12.5. The first-order valence-corrected chi connectivity index (χ1v) is 5.16. The van der Waals surface area contributed by atoms with Crippen LogP contribution >= 0.6 is 0 Å². The van der Waals surface area contributed by atoms with Crippen LogP contribution in [0.2, 0.25) is 0 Å². The second-order valence-corrected chi connectivity index (χ2v) is 3.92. The summed E-state index contributed by atoms with van der Waals surface area (Å²) in [4.78, 5) is 4.40. The molecule has 2 unspecified atom stereocenters. The molecule has 1 aliphatic rings. The van der Waals surface area contributed by atoms with E-state index >= 15 is 0 Å². The van der Waals surface area contributed by atoms with Crippen LogP contribution < -0.4 is 5.32 Å². The maximum Gasteiger partial charge on any atom is 0.0965 e. The third-order valence-corrected chi connectivity index (χ3v) is 2.23. The fourth-order valence-electron chi connectivity index (χ4n) is 1.67. The lowest BCUT2D eigenvalue weighted by Crippen LogP contribution is -2.35. The molecule has 0 aliphatic carbocycles. The van der Waals surface area contributed by atoms with E-state index in [0.29, 0.717) is 6.04 Å². The molecule has 0 bridgehead atoms. The van der Waals surface area contributed by atoms with E-state index < -0.39 is 0 Å². The molecule has 0 radical (unpaired) electrons.